The van der Waals surface area contributed by atoms with E-state index in [1.54, 1.807) is 17.0 Å². The first-order valence-electron chi connectivity index (χ1n) is 10.0. The van der Waals surface area contributed by atoms with Crippen LogP contribution in [0.1, 0.15) is 67.3 Å². The highest BCUT2D eigenvalue weighted by molar-refractivity contribution is 5.96. The van der Waals surface area contributed by atoms with Crippen LogP contribution in [0, 0.1) is 5.92 Å². The number of amides is 2. The smallest absolute Gasteiger partial charge is 0.266 e. The van der Waals surface area contributed by atoms with Gasteiger partial charge in [-0.15, -0.1) is 0 Å². The molecule has 2 saturated carbocycles. The Kier molecular flexibility index (Phi) is 4.59. The molecule has 1 aromatic carbocycles. The van der Waals surface area contributed by atoms with Gasteiger partial charge in [0.2, 0.25) is 5.91 Å². The van der Waals surface area contributed by atoms with E-state index in [1.165, 1.54) is 0 Å². The Labute approximate surface area is 163 Å². The predicted octanol–water partition coefficient (Wildman–Crippen LogP) is 3.18. The number of nitrogens with two attached hydrogens (primary N) is 1. The average Bonchev–Trinajstić information content (AvgIpc) is 3.51. The highest BCUT2D eigenvalue weighted by Gasteiger charge is 2.44. The largest absolute Gasteiger partial charge is 0.370 e. The summed E-state index contributed by atoms with van der Waals surface area (Å²) in [4.78, 5) is 26.1. The SMILES string of the molecule is CC(CC(N)=O)(NC(=O)c1ccc(C2CC2)c(N2CCC(F)(F)C2)c1)C1CC1. The number of benzene rings is 1. The van der Waals surface area contributed by atoms with Gasteiger partial charge in [-0.05, 0) is 62.1 Å². The quantitative estimate of drug-likeness (QED) is 0.750. The minimum Gasteiger partial charge on any atom is -0.370 e. The van der Waals surface area contributed by atoms with Gasteiger partial charge in [0.25, 0.3) is 11.8 Å². The third kappa shape index (κ3) is 3.98. The molecule has 0 radical (unpaired) electrons. The Balaban J connectivity index is 1.58. The fraction of sp³-hybridized carbons (Fsp3) is 0.619. The van der Waals surface area contributed by atoms with Crippen LogP contribution in [0.15, 0.2) is 18.2 Å². The summed E-state index contributed by atoms with van der Waals surface area (Å²) in [6, 6.07) is 5.40. The van der Waals surface area contributed by atoms with Crippen molar-refractivity contribution in [3.8, 4) is 0 Å². The molecular formula is C21H27F2N3O2. The van der Waals surface area contributed by atoms with Crippen molar-refractivity contribution in [1.82, 2.24) is 5.32 Å². The van der Waals surface area contributed by atoms with Crippen LogP contribution in [0.3, 0.4) is 0 Å². The summed E-state index contributed by atoms with van der Waals surface area (Å²) in [5.41, 5.74) is 6.95. The van der Waals surface area contributed by atoms with Gasteiger partial charge < -0.3 is 16.0 Å². The van der Waals surface area contributed by atoms with Gasteiger partial charge in [0.1, 0.15) is 0 Å². The van der Waals surface area contributed by atoms with Gasteiger partial charge in [0.05, 0.1) is 6.54 Å². The first-order valence-corrected chi connectivity index (χ1v) is 10.0. The molecule has 0 bridgehead atoms. The number of carbonyl (C=O) groups excluding carboxylic acids is 2. The maximum Gasteiger partial charge on any atom is 0.266 e. The monoisotopic (exact) mass is 391 g/mol. The van der Waals surface area contributed by atoms with Crippen molar-refractivity contribution in [2.75, 3.05) is 18.0 Å². The predicted molar refractivity (Wildman–Crippen MR) is 103 cm³/mol. The Morgan fingerprint density at radius 3 is 2.54 bits per heavy atom. The molecule has 2 aliphatic carbocycles. The van der Waals surface area contributed by atoms with Gasteiger partial charge in [0, 0.05) is 36.2 Å². The lowest BCUT2D eigenvalue weighted by Gasteiger charge is -2.30. The minimum atomic E-state index is -2.69. The Morgan fingerprint density at radius 2 is 2.00 bits per heavy atom. The first kappa shape index (κ1) is 19.2. The molecule has 4 rings (SSSR count). The van der Waals surface area contributed by atoms with Crippen LogP contribution in [0.25, 0.3) is 0 Å². The molecule has 7 heteroatoms. The zero-order valence-electron chi connectivity index (χ0n) is 16.1. The van der Waals surface area contributed by atoms with Crippen LogP contribution in [-0.4, -0.2) is 36.4 Å². The Morgan fingerprint density at radius 1 is 1.29 bits per heavy atom. The number of primary amides is 1. The van der Waals surface area contributed by atoms with Gasteiger partial charge in [-0.3, -0.25) is 9.59 Å². The normalized spacial score (nSPS) is 23.3. The molecule has 3 aliphatic rings. The molecule has 3 N–H and O–H groups in total. The van der Waals surface area contributed by atoms with E-state index in [1.807, 2.05) is 13.0 Å². The first-order chi connectivity index (χ1) is 13.2. The highest BCUT2D eigenvalue weighted by atomic mass is 19.3. The van der Waals surface area contributed by atoms with E-state index < -0.39 is 17.4 Å². The van der Waals surface area contributed by atoms with E-state index in [0.29, 0.717) is 18.0 Å². The molecule has 1 heterocycles. The summed E-state index contributed by atoms with van der Waals surface area (Å²) in [5.74, 6) is -2.78. The summed E-state index contributed by atoms with van der Waals surface area (Å²) in [6.45, 7) is 1.84. The molecular weight excluding hydrogens is 364 g/mol. The second-order valence-electron chi connectivity index (χ2n) is 8.86. The summed E-state index contributed by atoms with van der Waals surface area (Å²) in [5, 5.41) is 2.99. The molecule has 1 saturated heterocycles. The van der Waals surface area contributed by atoms with Gasteiger partial charge in [-0.1, -0.05) is 6.07 Å². The number of anilines is 1. The van der Waals surface area contributed by atoms with Crippen molar-refractivity contribution in [1.29, 1.82) is 0 Å². The van der Waals surface area contributed by atoms with Crippen molar-refractivity contribution in [3.63, 3.8) is 0 Å². The van der Waals surface area contributed by atoms with Crippen molar-refractivity contribution >= 4 is 17.5 Å². The minimum absolute atomic E-state index is 0.0920. The van der Waals surface area contributed by atoms with Gasteiger partial charge >= 0.3 is 0 Å². The van der Waals surface area contributed by atoms with Crippen molar-refractivity contribution in [2.45, 2.75) is 62.8 Å². The van der Waals surface area contributed by atoms with Gasteiger partial charge in [-0.25, -0.2) is 8.78 Å². The number of alkyl halides is 2. The summed E-state index contributed by atoms with van der Waals surface area (Å²) in [6.07, 6.45) is 3.96. The Hall–Kier alpha value is -2.18. The fourth-order valence-corrected chi connectivity index (χ4v) is 4.34. The maximum absolute atomic E-state index is 13.8. The van der Waals surface area contributed by atoms with Gasteiger partial charge in [-0.2, -0.15) is 0 Å². The third-order valence-corrected chi connectivity index (χ3v) is 6.24. The second kappa shape index (κ2) is 6.71. The van der Waals surface area contributed by atoms with E-state index in [-0.39, 0.29) is 31.2 Å². The molecule has 1 aromatic rings. The highest BCUT2D eigenvalue weighted by Crippen LogP contribution is 2.46. The van der Waals surface area contributed by atoms with Crippen LogP contribution in [0.4, 0.5) is 14.5 Å². The second-order valence-corrected chi connectivity index (χ2v) is 8.86. The standard InChI is InChI=1S/C21H27F2N3O2/c1-20(11-18(24)27,15-5-6-15)25-19(28)14-4-7-16(13-2-3-13)17(10-14)26-9-8-21(22,23)12-26/h4,7,10,13,15H,2-3,5-6,8-9,11-12H2,1H3,(H2,24,27)(H,25,28). The molecule has 0 spiro atoms. The van der Waals surface area contributed by atoms with E-state index in [0.717, 1.165) is 36.9 Å². The maximum atomic E-state index is 13.8. The van der Waals surface area contributed by atoms with E-state index in [4.69, 9.17) is 5.73 Å². The molecule has 2 amide bonds. The molecule has 1 atom stereocenters. The summed E-state index contributed by atoms with van der Waals surface area (Å²) in [7, 11) is 0. The number of carbonyl (C=O) groups is 2. The molecule has 1 unspecified atom stereocenters. The van der Waals surface area contributed by atoms with Crippen molar-refractivity contribution in [3.05, 3.63) is 29.3 Å². The number of nitrogens with zero attached hydrogens (tertiary/aromatic N) is 1. The lowest BCUT2D eigenvalue weighted by Crippen LogP contribution is -2.50. The third-order valence-electron chi connectivity index (χ3n) is 6.24. The summed E-state index contributed by atoms with van der Waals surface area (Å²) >= 11 is 0. The van der Waals surface area contributed by atoms with Gasteiger partial charge in [0.15, 0.2) is 0 Å². The average molecular weight is 391 g/mol. The number of rotatable bonds is 7. The molecule has 5 nitrogen and oxygen atoms in total. The Bertz CT molecular complexity index is 805. The van der Waals surface area contributed by atoms with E-state index >= 15 is 0 Å². The molecule has 28 heavy (non-hydrogen) atoms. The van der Waals surface area contributed by atoms with E-state index in [9.17, 15) is 18.4 Å². The van der Waals surface area contributed by atoms with Crippen LogP contribution in [0.5, 0.6) is 0 Å². The van der Waals surface area contributed by atoms with Crippen LogP contribution in [-0.2, 0) is 4.79 Å². The zero-order valence-corrected chi connectivity index (χ0v) is 16.1. The molecule has 0 aromatic heterocycles. The zero-order chi connectivity index (χ0) is 20.1. The number of hydrogen-bond acceptors (Lipinski definition) is 3. The van der Waals surface area contributed by atoms with Crippen LogP contribution < -0.4 is 16.0 Å². The number of nitrogens with one attached hydrogen (secondary N) is 1. The van der Waals surface area contributed by atoms with Crippen molar-refractivity contribution < 1.29 is 18.4 Å². The van der Waals surface area contributed by atoms with Crippen LogP contribution in [0.2, 0.25) is 0 Å². The topological polar surface area (TPSA) is 75.4 Å². The lowest BCUT2D eigenvalue weighted by molar-refractivity contribution is -0.119. The molecule has 3 fully saturated rings. The molecule has 152 valence electrons. The molecule has 1 aliphatic heterocycles. The summed E-state index contributed by atoms with van der Waals surface area (Å²) < 4.78 is 27.5. The number of halogens is 2. The fourth-order valence-electron chi connectivity index (χ4n) is 4.34. The van der Waals surface area contributed by atoms with Crippen molar-refractivity contribution in [2.24, 2.45) is 11.7 Å². The van der Waals surface area contributed by atoms with E-state index in [2.05, 4.69) is 5.32 Å². The van der Waals surface area contributed by atoms with Crippen LogP contribution >= 0.6 is 0 Å². The lowest BCUT2D eigenvalue weighted by atomic mass is 9.90. The number of hydrogen-bond donors (Lipinski definition) is 2.